The largest absolute Gasteiger partial charge is 0.472 e. The van der Waals surface area contributed by atoms with Gasteiger partial charge in [-0.3, -0.25) is 9.05 Å². The molecular formula is C21H44BrO6P. The highest BCUT2D eigenvalue weighted by atomic mass is 79.9. The third kappa shape index (κ3) is 24.7. The Bertz CT molecular complexity index is 373. The number of ether oxygens (including phenoxy) is 2. The van der Waals surface area contributed by atoms with Crippen LogP contribution >= 0.6 is 23.8 Å². The van der Waals surface area contributed by atoms with Crippen molar-refractivity contribution in [2.75, 3.05) is 45.0 Å². The van der Waals surface area contributed by atoms with Crippen LogP contribution in [0.4, 0.5) is 0 Å². The summed E-state index contributed by atoms with van der Waals surface area (Å²) >= 11 is 3.11. The molecular weight excluding hydrogens is 459 g/mol. The van der Waals surface area contributed by atoms with E-state index in [0.717, 1.165) is 13.0 Å². The van der Waals surface area contributed by atoms with E-state index < -0.39 is 7.82 Å². The first-order valence-electron chi connectivity index (χ1n) is 11.5. The highest BCUT2D eigenvalue weighted by molar-refractivity contribution is 9.09. The Morgan fingerprint density at radius 3 is 1.55 bits per heavy atom. The van der Waals surface area contributed by atoms with Gasteiger partial charge in [0.25, 0.3) is 0 Å². The van der Waals surface area contributed by atoms with Gasteiger partial charge in [-0.1, -0.05) is 99.9 Å². The van der Waals surface area contributed by atoms with E-state index in [1.807, 2.05) is 0 Å². The normalized spacial score (nSPS) is 13.6. The molecule has 6 nitrogen and oxygen atoms in total. The Balaban J connectivity index is 3.13. The number of phosphoric acid groups is 1. The zero-order valence-electron chi connectivity index (χ0n) is 18.5. The van der Waals surface area contributed by atoms with Crippen LogP contribution in [0.15, 0.2) is 0 Å². The average Bonchev–Trinajstić information content (AvgIpc) is 2.71. The number of alkyl halides is 1. The van der Waals surface area contributed by atoms with Gasteiger partial charge in [0.15, 0.2) is 0 Å². The number of unbranched alkanes of at least 4 members (excludes halogenated alkanes) is 12. The Labute approximate surface area is 187 Å². The van der Waals surface area contributed by atoms with Crippen LogP contribution in [0, 0.1) is 0 Å². The maximum atomic E-state index is 11.4. The zero-order chi connectivity index (χ0) is 21.5. The van der Waals surface area contributed by atoms with Crippen molar-refractivity contribution in [2.24, 2.45) is 0 Å². The first-order valence-corrected chi connectivity index (χ1v) is 14.1. The van der Waals surface area contributed by atoms with Crippen LogP contribution in [0.25, 0.3) is 0 Å². The quantitative estimate of drug-likeness (QED) is 0.0905. The molecule has 0 rings (SSSR count). The molecule has 1 N–H and O–H groups in total. The number of hydrogen-bond donors (Lipinski definition) is 1. The molecule has 1 atom stereocenters. The molecule has 29 heavy (non-hydrogen) atoms. The van der Waals surface area contributed by atoms with Crippen LogP contribution in [0.2, 0.25) is 0 Å². The summed E-state index contributed by atoms with van der Waals surface area (Å²) < 4.78 is 31.7. The van der Waals surface area contributed by atoms with Gasteiger partial charge in [0.2, 0.25) is 0 Å². The molecule has 0 aromatic heterocycles. The van der Waals surface area contributed by atoms with Crippen LogP contribution in [0.3, 0.4) is 0 Å². The lowest BCUT2D eigenvalue weighted by molar-refractivity contribution is 0.0294. The van der Waals surface area contributed by atoms with Gasteiger partial charge in [-0.05, 0) is 6.42 Å². The predicted molar refractivity (Wildman–Crippen MR) is 123 cm³/mol. The second kappa shape index (κ2) is 23.2. The Morgan fingerprint density at radius 2 is 1.03 bits per heavy atom. The number of phosphoric ester groups is 1. The molecule has 0 heterocycles. The summed E-state index contributed by atoms with van der Waals surface area (Å²) in [7, 11) is -3.94. The third-order valence-electron chi connectivity index (χ3n) is 4.58. The lowest BCUT2D eigenvalue weighted by atomic mass is 10.0. The summed E-state index contributed by atoms with van der Waals surface area (Å²) in [6.45, 7) is 4.42. The molecule has 0 aliphatic carbocycles. The van der Waals surface area contributed by atoms with Gasteiger partial charge in [0, 0.05) is 11.9 Å². The van der Waals surface area contributed by atoms with E-state index in [1.54, 1.807) is 0 Å². The molecule has 0 aromatic carbocycles. The minimum Gasteiger partial charge on any atom is -0.379 e. The molecule has 0 saturated heterocycles. The Hall–Kier alpha value is 0.510. The molecule has 0 saturated carbocycles. The van der Waals surface area contributed by atoms with E-state index in [9.17, 15) is 9.46 Å². The van der Waals surface area contributed by atoms with E-state index in [2.05, 4.69) is 27.4 Å². The van der Waals surface area contributed by atoms with Gasteiger partial charge in [-0.2, -0.15) is 0 Å². The molecule has 0 radical (unpaired) electrons. The molecule has 0 amide bonds. The standard InChI is InChI=1S/C21H44BrO6P/c1-2-3-4-5-6-7-8-9-10-11-12-13-14-16-25-18-19-26-20-21-28-29(23,24)27-17-15-22/h2-21H2,1H3,(H,23,24). The van der Waals surface area contributed by atoms with E-state index in [1.165, 1.54) is 77.0 Å². The smallest absolute Gasteiger partial charge is 0.379 e. The summed E-state index contributed by atoms with van der Waals surface area (Å²) in [5, 5.41) is 0.480. The summed E-state index contributed by atoms with van der Waals surface area (Å²) in [4.78, 5) is 9.31. The van der Waals surface area contributed by atoms with Crippen molar-refractivity contribution in [3.8, 4) is 0 Å². The van der Waals surface area contributed by atoms with Gasteiger partial charge in [0.1, 0.15) is 0 Å². The van der Waals surface area contributed by atoms with Crippen molar-refractivity contribution in [3.63, 3.8) is 0 Å². The molecule has 0 spiro atoms. The maximum Gasteiger partial charge on any atom is 0.472 e. The van der Waals surface area contributed by atoms with E-state index >= 15 is 0 Å². The Morgan fingerprint density at radius 1 is 0.621 bits per heavy atom. The van der Waals surface area contributed by atoms with Crippen molar-refractivity contribution in [1.29, 1.82) is 0 Å². The van der Waals surface area contributed by atoms with Crippen LogP contribution in [0.1, 0.15) is 90.4 Å². The van der Waals surface area contributed by atoms with Crippen molar-refractivity contribution < 1.29 is 28.0 Å². The monoisotopic (exact) mass is 502 g/mol. The molecule has 0 bridgehead atoms. The molecule has 8 heteroatoms. The molecule has 0 fully saturated rings. The lowest BCUT2D eigenvalue weighted by Gasteiger charge is -2.11. The first kappa shape index (κ1) is 29.5. The third-order valence-corrected chi connectivity index (χ3v) is 5.92. The number of hydrogen-bond acceptors (Lipinski definition) is 5. The first-order chi connectivity index (χ1) is 14.1. The predicted octanol–water partition coefficient (Wildman–Crippen LogP) is 6.64. The van der Waals surface area contributed by atoms with E-state index in [4.69, 9.17) is 14.0 Å². The topological polar surface area (TPSA) is 74.2 Å². The fourth-order valence-electron chi connectivity index (χ4n) is 2.94. The highest BCUT2D eigenvalue weighted by Gasteiger charge is 2.19. The van der Waals surface area contributed by atoms with Gasteiger partial charge in [-0.25, -0.2) is 4.57 Å². The fourth-order valence-corrected chi connectivity index (χ4v) is 4.06. The second-order valence-electron chi connectivity index (χ2n) is 7.29. The lowest BCUT2D eigenvalue weighted by Crippen LogP contribution is -2.10. The highest BCUT2D eigenvalue weighted by Crippen LogP contribution is 2.42. The van der Waals surface area contributed by atoms with Gasteiger partial charge < -0.3 is 14.4 Å². The fraction of sp³-hybridized carbons (Fsp3) is 1.00. The zero-order valence-corrected chi connectivity index (χ0v) is 20.9. The summed E-state index contributed by atoms with van der Waals surface area (Å²) in [6, 6.07) is 0. The SMILES string of the molecule is CCCCCCCCCCCCCCCOCCOCCOP(=O)(O)OCCBr. The minimum absolute atomic E-state index is 0.0227. The van der Waals surface area contributed by atoms with Crippen molar-refractivity contribution >= 4 is 23.8 Å². The average molecular weight is 503 g/mol. The minimum atomic E-state index is -3.94. The van der Waals surface area contributed by atoms with Crippen LogP contribution in [-0.4, -0.2) is 49.9 Å². The van der Waals surface area contributed by atoms with Crippen molar-refractivity contribution in [3.05, 3.63) is 0 Å². The molecule has 0 aromatic rings. The van der Waals surface area contributed by atoms with Gasteiger partial charge in [-0.15, -0.1) is 0 Å². The van der Waals surface area contributed by atoms with Crippen LogP contribution in [-0.2, 0) is 23.1 Å². The molecule has 176 valence electrons. The summed E-state index contributed by atoms with van der Waals surface area (Å²) in [5.74, 6) is 0. The van der Waals surface area contributed by atoms with Crippen LogP contribution < -0.4 is 0 Å². The second-order valence-corrected chi connectivity index (χ2v) is 9.54. The van der Waals surface area contributed by atoms with Gasteiger partial charge in [0.05, 0.1) is 33.0 Å². The van der Waals surface area contributed by atoms with E-state index in [0.29, 0.717) is 18.5 Å². The van der Waals surface area contributed by atoms with Crippen molar-refractivity contribution in [1.82, 2.24) is 0 Å². The van der Waals surface area contributed by atoms with Crippen LogP contribution in [0.5, 0.6) is 0 Å². The summed E-state index contributed by atoms with van der Waals surface area (Å²) in [5.41, 5.74) is 0. The number of halogens is 1. The molecule has 0 aliphatic rings. The van der Waals surface area contributed by atoms with E-state index in [-0.39, 0.29) is 19.8 Å². The van der Waals surface area contributed by atoms with Crippen molar-refractivity contribution in [2.45, 2.75) is 90.4 Å². The molecule has 0 aliphatic heterocycles. The Kier molecular flexibility index (Phi) is 23.6. The summed E-state index contributed by atoms with van der Waals surface area (Å²) in [6.07, 6.45) is 17.5. The van der Waals surface area contributed by atoms with Gasteiger partial charge >= 0.3 is 7.82 Å². The molecule has 1 unspecified atom stereocenters. The maximum absolute atomic E-state index is 11.4. The number of rotatable bonds is 24.